The fourth-order valence-electron chi connectivity index (χ4n) is 8.02. The van der Waals surface area contributed by atoms with Gasteiger partial charge in [-0.05, 0) is 144 Å². The van der Waals surface area contributed by atoms with Crippen molar-refractivity contribution in [2.75, 3.05) is 0 Å². The summed E-state index contributed by atoms with van der Waals surface area (Å²) in [5.74, 6) is 4.06. The smallest absolute Gasteiger partial charge is 0.408 e. The Bertz CT molecular complexity index is 2580. The van der Waals surface area contributed by atoms with Crippen LogP contribution in [0, 0.1) is 27.7 Å². The van der Waals surface area contributed by atoms with Crippen molar-refractivity contribution in [3.63, 3.8) is 0 Å². The highest BCUT2D eigenvalue weighted by Crippen LogP contribution is 2.54. The molecule has 0 atom stereocenters. The minimum atomic E-state index is -3.88. The van der Waals surface area contributed by atoms with Gasteiger partial charge < -0.3 is 31.7 Å². The third kappa shape index (κ3) is 11.8. The molecule has 0 heterocycles. The predicted molar refractivity (Wildman–Crippen MR) is 285 cm³/mol. The van der Waals surface area contributed by atoms with Crippen LogP contribution >= 0.6 is 24.3 Å². The fraction of sp³-hybridized carbons (Fsp3) is 0.276. The molecule has 0 unspecified atom stereocenters. The lowest BCUT2D eigenvalue weighted by Gasteiger charge is -2.27. The number of benzene rings is 7. The highest BCUT2D eigenvalue weighted by atomic mass is 31.2. The molecule has 68 heavy (non-hydrogen) atoms. The Morgan fingerprint density at radius 1 is 0.338 bits per heavy atom. The van der Waals surface area contributed by atoms with E-state index in [4.69, 9.17) is 27.1 Å². The van der Waals surface area contributed by atoms with Gasteiger partial charge in [-0.25, -0.2) is 0 Å². The molecule has 0 aromatic heterocycles. The molecule has 0 fully saturated rings. The third-order valence-electron chi connectivity index (χ3n) is 11.7. The van der Waals surface area contributed by atoms with Crippen LogP contribution in [0.1, 0.15) is 124 Å². The standard InChI is InChI=1S/C58H65O7P3/c1-38(2)47-30-26-42(9)34-53(47)62-66(63-54-35-43(10)27-31-48(54)39(3)4)60-51-22-16-18-24-57(51)68(59,46-20-14-13-15-21-46)58-25-19-17-23-52(58)61-67(64-55-36-44(11)28-32-49(55)40(5)6)65-56-37-45(12)29-33-50(56)41(7)8/h13-41H,1-12H3. The van der Waals surface area contributed by atoms with Crippen molar-refractivity contribution in [2.45, 2.75) is 107 Å². The van der Waals surface area contributed by atoms with Crippen LogP contribution in [0.3, 0.4) is 0 Å². The molecule has 7 nitrogen and oxygen atoms in total. The molecule has 354 valence electrons. The second-order valence-corrected chi connectivity index (χ2v) is 23.3. The van der Waals surface area contributed by atoms with Gasteiger partial charge in [-0.3, -0.25) is 0 Å². The van der Waals surface area contributed by atoms with Gasteiger partial charge in [-0.1, -0.05) is 159 Å². The normalized spacial score (nSPS) is 11.8. The lowest BCUT2D eigenvalue weighted by atomic mass is 10.0. The lowest BCUT2D eigenvalue weighted by molar-refractivity contribution is 0.383. The summed E-state index contributed by atoms with van der Waals surface area (Å²) in [5, 5.41) is 1.50. The zero-order chi connectivity index (χ0) is 48.7. The van der Waals surface area contributed by atoms with Crippen LogP contribution in [0.15, 0.2) is 152 Å². The highest BCUT2D eigenvalue weighted by molar-refractivity contribution is 7.85. The average Bonchev–Trinajstić information content (AvgIpc) is 3.29. The summed E-state index contributed by atoms with van der Waals surface area (Å²) in [5.41, 5.74) is 8.27. The summed E-state index contributed by atoms with van der Waals surface area (Å²) < 4.78 is 58.5. The van der Waals surface area contributed by atoms with E-state index in [9.17, 15) is 0 Å². The number of hydrogen-bond donors (Lipinski definition) is 0. The van der Waals surface area contributed by atoms with Crippen molar-refractivity contribution in [1.82, 2.24) is 0 Å². The van der Waals surface area contributed by atoms with Crippen molar-refractivity contribution in [1.29, 1.82) is 0 Å². The quantitative estimate of drug-likeness (QED) is 0.0748. The number of aryl methyl sites for hydroxylation is 4. The van der Waals surface area contributed by atoms with Crippen molar-refractivity contribution >= 4 is 40.3 Å². The van der Waals surface area contributed by atoms with Crippen LogP contribution in [0.25, 0.3) is 0 Å². The molecule has 0 aliphatic rings. The second-order valence-electron chi connectivity index (χ2n) is 18.7. The maximum Gasteiger partial charge on any atom is 0.530 e. The van der Waals surface area contributed by atoms with Crippen molar-refractivity contribution in [2.24, 2.45) is 0 Å². The minimum absolute atomic E-state index is 0.166. The van der Waals surface area contributed by atoms with E-state index in [-0.39, 0.29) is 23.7 Å². The maximum atomic E-state index is 16.9. The first-order valence-corrected chi connectivity index (χ1v) is 27.4. The van der Waals surface area contributed by atoms with E-state index in [1.807, 2.05) is 131 Å². The molecule has 0 radical (unpaired) electrons. The average molecular weight is 967 g/mol. The van der Waals surface area contributed by atoms with Crippen LogP contribution in [-0.2, 0) is 4.57 Å². The first-order valence-electron chi connectivity index (χ1n) is 23.5. The maximum absolute atomic E-state index is 16.9. The van der Waals surface area contributed by atoms with Gasteiger partial charge in [0.05, 0.1) is 10.6 Å². The molecule has 0 bridgehead atoms. The number of hydrogen-bond acceptors (Lipinski definition) is 7. The number of para-hydroxylation sites is 2. The first kappa shape index (κ1) is 50.3. The summed E-state index contributed by atoms with van der Waals surface area (Å²) in [6.45, 7) is 25.3. The second kappa shape index (κ2) is 22.2. The highest BCUT2D eigenvalue weighted by Gasteiger charge is 2.38. The molecule has 0 saturated heterocycles. The topological polar surface area (TPSA) is 72.5 Å². The van der Waals surface area contributed by atoms with E-state index >= 15 is 4.57 Å². The molecule has 0 saturated carbocycles. The van der Waals surface area contributed by atoms with Crippen molar-refractivity contribution in [3.8, 4) is 34.5 Å². The largest absolute Gasteiger partial charge is 0.530 e. The molecule has 0 spiro atoms. The Kier molecular flexibility index (Phi) is 16.5. The summed E-state index contributed by atoms with van der Waals surface area (Å²) in [6.07, 6.45) is 0. The molecule has 7 aromatic rings. The van der Waals surface area contributed by atoms with Gasteiger partial charge in [0, 0.05) is 5.30 Å². The molecule has 0 N–H and O–H groups in total. The Labute approximate surface area is 407 Å². The molecule has 0 amide bonds. The fourth-order valence-corrected chi connectivity index (χ4v) is 13.2. The van der Waals surface area contributed by atoms with Crippen LogP contribution in [0.4, 0.5) is 0 Å². The molecular weight excluding hydrogens is 902 g/mol. The van der Waals surface area contributed by atoms with Gasteiger partial charge in [0.15, 0.2) is 7.14 Å². The van der Waals surface area contributed by atoms with E-state index < -0.39 is 24.3 Å². The van der Waals surface area contributed by atoms with Gasteiger partial charge in [-0.2, -0.15) is 0 Å². The van der Waals surface area contributed by atoms with Gasteiger partial charge in [-0.15, -0.1) is 0 Å². The molecule has 10 heteroatoms. The Balaban J connectivity index is 1.38. The zero-order valence-corrected chi connectivity index (χ0v) is 44.1. The summed E-state index contributed by atoms with van der Waals surface area (Å²) in [7, 11) is -8.25. The van der Waals surface area contributed by atoms with E-state index in [1.54, 1.807) is 0 Å². The summed E-state index contributed by atoms with van der Waals surface area (Å²) >= 11 is 0. The Hall–Kier alpha value is -5.57. The van der Waals surface area contributed by atoms with E-state index in [0.29, 0.717) is 50.4 Å². The van der Waals surface area contributed by atoms with Crippen LogP contribution in [0.5, 0.6) is 34.5 Å². The monoisotopic (exact) mass is 966 g/mol. The van der Waals surface area contributed by atoms with E-state index in [1.165, 1.54) is 0 Å². The molecule has 7 aromatic carbocycles. The molecular formula is C58H65O7P3. The zero-order valence-electron chi connectivity index (χ0n) is 41.4. The minimum Gasteiger partial charge on any atom is -0.408 e. The summed E-state index contributed by atoms with van der Waals surface area (Å²) in [6, 6.07) is 49.3. The number of rotatable bonds is 19. The van der Waals surface area contributed by atoms with E-state index in [2.05, 4.69) is 104 Å². The van der Waals surface area contributed by atoms with Crippen molar-refractivity contribution in [3.05, 3.63) is 196 Å². The Morgan fingerprint density at radius 2 is 0.603 bits per heavy atom. The van der Waals surface area contributed by atoms with Gasteiger partial charge >= 0.3 is 17.2 Å². The first-order chi connectivity index (χ1) is 32.5. The van der Waals surface area contributed by atoms with Crippen LogP contribution in [0.2, 0.25) is 0 Å². The van der Waals surface area contributed by atoms with Crippen LogP contribution < -0.4 is 43.1 Å². The molecule has 0 aliphatic carbocycles. The van der Waals surface area contributed by atoms with Crippen molar-refractivity contribution < 1.29 is 31.7 Å². The molecule has 7 rings (SSSR count). The Morgan fingerprint density at radius 3 is 0.897 bits per heavy atom. The van der Waals surface area contributed by atoms with E-state index in [0.717, 1.165) is 44.5 Å². The van der Waals surface area contributed by atoms with Gasteiger partial charge in [0.25, 0.3) is 0 Å². The lowest BCUT2D eigenvalue weighted by Crippen LogP contribution is -2.27. The summed E-state index contributed by atoms with van der Waals surface area (Å²) in [4.78, 5) is 0. The van der Waals surface area contributed by atoms with Gasteiger partial charge in [0.1, 0.15) is 34.5 Å². The SMILES string of the molecule is Cc1ccc(C(C)C)c(OP(Oc2cc(C)ccc2C(C)C)Oc2ccccc2P(=O)(c2ccccc2)c2ccccc2OP(Oc2cc(C)ccc2C(C)C)Oc2cc(C)ccc2C(C)C)c1. The third-order valence-corrected chi connectivity index (χ3v) is 16.9. The molecule has 0 aliphatic heterocycles. The van der Waals surface area contributed by atoms with Gasteiger partial charge in [0.2, 0.25) is 0 Å². The predicted octanol–water partition coefficient (Wildman–Crippen LogP) is 16.6. The van der Waals surface area contributed by atoms with Crippen LogP contribution in [-0.4, -0.2) is 0 Å².